The van der Waals surface area contributed by atoms with Gasteiger partial charge in [-0.1, -0.05) is 22.0 Å². The zero-order chi connectivity index (χ0) is 14.8. The van der Waals surface area contributed by atoms with Crippen LogP contribution in [0.5, 0.6) is 0 Å². The van der Waals surface area contributed by atoms with Crippen molar-refractivity contribution in [3.63, 3.8) is 0 Å². The highest BCUT2D eigenvalue weighted by atomic mass is 79.9. The van der Waals surface area contributed by atoms with E-state index in [1.54, 1.807) is 24.5 Å². The van der Waals surface area contributed by atoms with Gasteiger partial charge in [0.2, 0.25) is 0 Å². The summed E-state index contributed by atoms with van der Waals surface area (Å²) < 4.78 is 0.671. The average Bonchev–Trinajstić information content (AvgIpc) is 2.49. The van der Waals surface area contributed by atoms with Crippen molar-refractivity contribution in [3.8, 4) is 0 Å². The van der Waals surface area contributed by atoms with Crippen molar-refractivity contribution in [1.82, 2.24) is 4.98 Å². The molecule has 1 heterocycles. The molecule has 3 aromatic rings. The zero-order valence-electron chi connectivity index (χ0n) is 10.8. The summed E-state index contributed by atoms with van der Waals surface area (Å²) in [7, 11) is 0. The fourth-order valence-corrected chi connectivity index (χ4v) is 2.43. The summed E-state index contributed by atoms with van der Waals surface area (Å²) in [6.45, 7) is 0. The Morgan fingerprint density at radius 3 is 2.76 bits per heavy atom. The van der Waals surface area contributed by atoms with Gasteiger partial charge in [-0.05, 0) is 35.7 Å². The second-order valence-electron chi connectivity index (χ2n) is 4.48. The van der Waals surface area contributed by atoms with Crippen LogP contribution in [0.4, 0.5) is 17.1 Å². The quantitative estimate of drug-likeness (QED) is 0.555. The number of hydrogen-bond donors (Lipinski definition) is 1. The highest BCUT2D eigenvalue weighted by Gasteiger charge is 2.14. The predicted octanol–water partition coefficient (Wildman–Crippen LogP) is 4.65. The second kappa shape index (κ2) is 5.49. The first-order valence-corrected chi connectivity index (χ1v) is 6.97. The molecule has 0 aliphatic carbocycles. The maximum atomic E-state index is 11.1. The SMILES string of the molecule is O=[N+]([O-])c1cc(Br)ccc1Nc1ccc2cnccc2c1. The van der Waals surface area contributed by atoms with E-state index in [1.807, 2.05) is 24.3 Å². The monoisotopic (exact) mass is 343 g/mol. The summed E-state index contributed by atoms with van der Waals surface area (Å²) in [5.41, 5.74) is 1.27. The van der Waals surface area contributed by atoms with Gasteiger partial charge in [-0.25, -0.2) is 0 Å². The Hall–Kier alpha value is -2.47. The van der Waals surface area contributed by atoms with Gasteiger partial charge in [-0.2, -0.15) is 0 Å². The van der Waals surface area contributed by atoms with Crippen LogP contribution in [0.15, 0.2) is 59.3 Å². The fourth-order valence-electron chi connectivity index (χ4n) is 2.08. The first kappa shape index (κ1) is 13.5. The van der Waals surface area contributed by atoms with Gasteiger partial charge >= 0.3 is 0 Å². The van der Waals surface area contributed by atoms with Gasteiger partial charge in [-0.3, -0.25) is 15.1 Å². The van der Waals surface area contributed by atoms with Crippen LogP contribution in [0.1, 0.15) is 0 Å². The van der Waals surface area contributed by atoms with Gasteiger partial charge in [0.25, 0.3) is 5.69 Å². The number of hydrogen-bond acceptors (Lipinski definition) is 4. The minimum atomic E-state index is -0.405. The van der Waals surface area contributed by atoms with E-state index in [0.717, 1.165) is 16.5 Å². The number of rotatable bonds is 3. The average molecular weight is 344 g/mol. The predicted molar refractivity (Wildman–Crippen MR) is 85.8 cm³/mol. The zero-order valence-corrected chi connectivity index (χ0v) is 12.4. The maximum absolute atomic E-state index is 11.1. The number of aromatic nitrogens is 1. The molecule has 1 aromatic heterocycles. The molecular formula is C15H10BrN3O2. The van der Waals surface area contributed by atoms with Crippen LogP contribution in [0.25, 0.3) is 10.8 Å². The Labute approximate surface area is 128 Å². The van der Waals surface area contributed by atoms with Gasteiger partial charge < -0.3 is 5.32 Å². The molecule has 104 valence electrons. The van der Waals surface area contributed by atoms with Crippen LogP contribution in [0.2, 0.25) is 0 Å². The Balaban J connectivity index is 2.00. The number of anilines is 2. The molecule has 0 unspecified atom stereocenters. The molecule has 0 spiro atoms. The summed E-state index contributed by atoms with van der Waals surface area (Å²) in [6.07, 6.45) is 3.50. The molecule has 0 aliphatic rings. The number of benzene rings is 2. The number of halogens is 1. The lowest BCUT2D eigenvalue weighted by atomic mass is 10.1. The number of nitrogens with one attached hydrogen (secondary N) is 1. The molecule has 0 amide bonds. The summed E-state index contributed by atoms with van der Waals surface area (Å²) >= 11 is 3.24. The lowest BCUT2D eigenvalue weighted by molar-refractivity contribution is -0.384. The van der Waals surface area contributed by atoms with E-state index < -0.39 is 4.92 Å². The molecule has 0 bridgehead atoms. The Morgan fingerprint density at radius 2 is 1.95 bits per heavy atom. The van der Waals surface area contributed by atoms with Gasteiger partial charge in [0.15, 0.2) is 0 Å². The van der Waals surface area contributed by atoms with E-state index in [-0.39, 0.29) is 5.69 Å². The minimum absolute atomic E-state index is 0.0270. The van der Waals surface area contributed by atoms with E-state index in [2.05, 4.69) is 26.2 Å². The third-order valence-electron chi connectivity index (χ3n) is 3.08. The highest BCUT2D eigenvalue weighted by molar-refractivity contribution is 9.10. The number of pyridine rings is 1. The van der Waals surface area contributed by atoms with Crippen LogP contribution in [0, 0.1) is 10.1 Å². The molecule has 6 heteroatoms. The number of nitro benzene ring substituents is 1. The molecule has 0 saturated carbocycles. The lowest BCUT2D eigenvalue weighted by Crippen LogP contribution is -1.97. The topological polar surface area (TPSA) is 68.1 Å². The fraction of sp³-hybridized carbons (Fsp3) is 0. The third-order valence-corrected chi connectivity index (χ3v) is 3.57. The largest absolute Gasteiger partial charge is 0.350 e. The molecule has 21 heavy (non-hydrogen) atoms. The molecule has 3 rings (SSSR count). The van der Waals surface area contributed by atoms with Gasteiger partial charge in [0, 0.05) is 34.0 Å². The summed E-state index contributed by atoms with van der Waals surface area (Å²) in [5.74, 6) is 0. The summed E-state index contributed by atoms with van der Waals surface area (Å²) in [4.78, 5) is 14.8. The van der Waals surface area contributed by atoms with E-state index in [1.165, 1.54) is 6.07 Å². The first-order chi connectivity index (χ1) is 10.1. The van der Waals surface area contributed by atoms with Crippen molar-refractivity contribution in [1.29, 1.82) is 0 Å². The summed E-state index contributed by atoms with van der Waals surface area (Å²) in [5, 5.41) is 16.2. The van der Waals surface area contributed by atoms with Crippen molar-refractivity contribution in [2.24, 2.45) is 0 Å². The summed E-state index contributed by atoms with van der Waals surface area (Å²) in [6, 6.07) is 12.6. The van der Waals surface area contributed by atoms with Gasteiger partial charge in [0.05, 0.1) is 4.92 Å². The Kier molecular flexibility index (Phi) is 3.53. The number of nitrogens with zero attached hydrogens (tertiary/aromatic N) is 2. The van der Waals surface area contributed by atoms with Crippen molar-refractivity contribution in [2.45, 2.75) is 0 Å². The van der Waals surface area contributed by atoms with Crippen molar-refractivity contribution in [3.05, 3.63) is 69.4 Å². The van der Waals surface area contributed by atoms with Gasteiger partial charge in [0.1, 0.15) is 5.69 Å². The van der Waals surface area contributed by atoms with Crippen LogP contribution in [0.3, 0.4) is 0 Å². The molecular weight excluding hydrogens is 334 g/mol. The number of fused-ring (bicyclic) bond motifs is 1. The van der Waals surface area contributed by atoms with Crippen LogP contribution in [-0.4, -0.2) is 9.91 Å². The van der Waals surface area contributed by atoms with E-state index >= 15 is 0 Å². The van der Waals surface area contributed by atoms with Crippen molar-refractivity contribution >= 4 is 43.8 Å². The normalized spacial score (nSPS) is 10.5. The highest BCUT2D eigenvalue weighted by Crippen LogP contribution is 2.31. The third kappa shape index (κ3) is 2.85. The standard InChI is InChI=1S/C15H10BrN3O2/c16-12-2-4-14(15(8-12)19(20)21)18-13-3-1-11-9-17-6-5-10(11)7-13/h1-9,18H. The van der Waals surface area contributed by atoms with Crippen LogP contribution < -0.4 is 5.32 Å². The molecule has 2 aromatic carbocycles. The molecule has 0 radical (unpaired) electrons. The lowest BCUT2D eigenvalue weighted by Gasteiger charge is -2.08. The van der Waals surface area contributed by atoms with Crippen LogP contribution in [-0.2, 0) is 0 Å². The number of nitro groups is 1. The molecule has 5 nitrogen and oxygen atoms in total. The second-order valence-corrected chi connectivity index (χ2v) is 5.40. The molecule has 1 N–H and O–H groups in total. The van der Waals surface area contributed by atoms with Crippen LogP contribution >= 0.6 is 15.9 Å². The first-order valence-electron chi connectivity index (χ1n) is 6.18. The molecule has 0 atom stereocenters. The van der Waals surface area contributed by atoms with E-state index in [9.17, 15) is 10.1 Å². The smallest absolute Gasteiger partial charge is 0.293 e. The molecule has 0 saturated heterocycles. The molecule has 0 aliphatic heterocycles. The minimum Gasteiger partial charge on any atom is -0.350 e. The van der Waals surface area contributed by atoms with Crippen molar-refractivity contribution < 1.29 is 4.92 Å². The van der Waals surface area contributed by atoms with E-state index in [0.29, 0.717) is 10.2 Å². The molecule has 0 fully saturated rings. The van der Waals surface area contributed by atoms with E-state index in [4.69, 9.17) is 0 Å². The maximum Gasteiger partial charge on any atom is 0.293 e. The van der Waals surface area contributed by atoms with Gasteiger partial charge in [-0.15, -0.1) is 0 Å². The Morgan fingerprint density at radius 1 is 1.10 bits per heavy atom. The van der Waals surface area contributed by atoms with Crippen molar-refractivity contribution in [2.75, 3.05) is 5.32 Å². The Bertz CT molecular complexity index is 836.